The summed E-state index contributed by atoms with van der Waals surface area (Å²) in [6.07, 6.45) is 7.04. The molecule has 100 valence electrons. The van der Waals surface area contributed by atoms with E-state index < -0.39 is 10.2 Å². The summed E-state index contributed by atoms with van der Waals surface area (Å²) in [5.74, 6) is 0. The summed E-state index contributed by atoms with van der Waals surface area (Å²) >= 11 is 6.25. The van der Waals surface area contributed by atoms with E-state index in [2.05, 4.69) is 4.72 Å². The fourth-order valence-corrected chi connectivity index (χ4v) is 4.56. The van der Waals surface area contributed by atoms with Gasteiger partial charge in [0.05, 0.1) is 0 Å². The summed E-state index contributed by atoms with van der Waals surface area (Å²) in [6.45, 7) is 1.30. The van der Waals surface area contributed by atoms with E-state index in [-0.39, 0.29) is 11.4 Å². The van der Waals surface area contributed by atoms with Crippen LogP contribution in [0.2, 0.25) is 0 Å². The van der Waals surface area contributed by atoms with Crippen LogP contribution in [0.5, 0.6) is 0 Å². The smallest absolute Gasteiger partial charge is 0.198 e. The lowest BCUT2D eigenvalue weighted by Crippen LogP contribution is -2.47. The molecule has 2 aliphatic rings. The molecule has 0 aromatic rings. The van der Waals surface area contributed by atoms with Crippen molar-refractivity contribution in [1.82, 2.24) is 9.03 Å². The largest absolute Gasteiger partial charge is 0.279 e. The number of hydrogen-bond donors (Lipinski definition) is 1. The molecule has 1 heterocycles. The predicted molar refractivity (Wildman–Crippen MR) is 69.4 cm³/mol. The minimum absolute atomic E-state index is 0.0603. The van der Waals surface area contributed by atoms with Gasteiger partial charge >= 0.3 is 0 Å². The van der Waals surface area contributed by atoms with E-state index in [0.29, 0.717) is 13.1 Å². The lowest BCUT2D eigenvalue weighted by molar-refractivity contribution is 0.441. The highest BCUT2D eigenvalue weighted by molar-refractivity contribution is 7.87. The van der Waals surface area contributed by atoms with Crippen molar-refractivity contribution in [2.24, 2.45) is 0 Å². The first-order valence-corrected chi connectivity index (χ1v) is 8.39. The maximum absolute atomic E-state index is 12.1. The van der Waals surface area contributed by atoms with Crippen molar-refractivity contribution in [3.8, 4) is 0 Å². The Morgan fingerprint density at radius 3 is 2.35 bits per heavy atom. The van der Waals surface area contributed by atoms with Crippen molar-refractivity contribution < 1.29 is 8.42 Å². The molecule has 2 rings (SSSR count). The maximum atomic E-state index is 12.1. The third kappa shape index (κ3) is 3.56. The molecule has 1 N–H and O–H groups in total. The van der Waals surface area contributed by atoms with Gasteiger partial charge in [-0.05, 0) is 25.7 Å². The second kappa shape index (κ2) is 5.87. The van der Waals surface area contributed by atoms with Crippen LogP contribution >= 0.6 is 11.6 Å². The molecule has 17 heavy (non-hydrogen) atoms. The van der Waals surface area contributed by atoms with E-state index in [9.17, 15) is 8.42 Å². The standard InChI is InChI=1S/C11H21ClN2O2S/c12-10-6-2-1-3-7-11(10)13-17(15,16)14-8-4-5-9-14/h10-11,13H,1-9H2. The zero-order valence-electron chi connectivity index (χ0n) is 10.1. The predicted octanol–water partition coefficient (Wildman–Crippen LogP) is 1.86. The van der Waals surface area contributed by atoms with Crippen molar-refractivity contribution in [1.29, 1.82) is 0 Å². The summed E-state index contributed by atoms with van der Waals surface area (Å²) in [4.78, 5) is 0. The first-order valence-electron chi connectivity index (χ1n) is 6.51. The molecule has 2 unspecified atom stereocenters. The Morgan fingerprint density at radius 2 is 1.65 bits per heavy atom. The maximum Gasteiger partial charge on any atom is 0.279 e. The molecule has 1 aliphatic carbocycles. The molecular formula is C11H21ClN2O2S. The number of alkyl halides is 1. The SMILES string of the molecule is O=S(=O)(NC1CCCCCC1Cl)N1CCCC1. The van der Waals surface area contributed by atoms with Crippen LogP contribution in [0, 0.1) is 0 Å². The van der Waals surface area contributed by atoms with Crippen LogP contribution in [0.15, 0.2) is 0 Å². The highest BCUT2D eigenvalue weighted by atomic mass is 35.5. The van der Waals surface area contributed by atoms with Gasteiger partial charge in [-0.25, -0.2) is 0 Å². The monoisotopic (exact) mass is 280 g/mol. The lowest BCUT2D eigenvalue weighted by Gasteiger charge is -2.24. The van der Waals surface area contributed by atoms with Crippen molar-refractivity contribution in [3.05, 3.63) is 0 Å². The van der Waals surface area contributed by atoms with Gasteiger partial charge in [0, 0.05) is 24.5 Å². The zero-order chi connectivity index (χ0) is 12.3. The highest BCUT2D eigenvalue weighted by Crippen LogP contribution is 2.23. The third-order valence-electron chi connectivity index (χ3n) is 3.64. The van der Waals surface area contributed by atoms with Gasteiger partial charge in [0.15, 0.2) is 0 Å². The molecule has 2 fully saturated rings. The first-order chi connectivity index (χ1) is 8.09. The summed E-state index contributed by atoms with van der Waals surface area (Å²) < 4.78 is 28.6. The van der Waals surface area contributed by atoms with Crippen molar-refractivity contribution in [2.75, 3.05) is 13.1 Å². The van der Waals surface area contributed by atoms with Gasteiger partial charge in [0.25, 0.3) is 10.2 Å². The summed E-state index contributed by atoms with van der Waals surface area (Å²) in [7, 11) is -3.31. The number of halogens is 1. The van der Waals surface area contributed by atoms with Crippen LogP contribution in [0.25, 0.3) is 0 Å². The number of hydrogen-bond acceptors (Lipinski definition) is 2. The topological polar surface area (TPSA) is 49.4 Å². The average Bonchev–Trinajstić information content (AvgIpc) is 2.74. The molecule has 4 nitrogen and oxygen atoms in total. The molecule has 6 heteroatoms. The van der Waals surface area contributed by atoms with E-state index in [4.69, 9.17) is 11.6 Å². The molecule has 0 radical (unpaired) electrons. The highest BCUT2D eigenvalue weighted by Gasteiger charge is 2.31. The van der Waals surface area contributed by atoms with Crippen molar-refractivity contribution in [2.45, 2.75) is 56.4 Å². The second-order valence-electron chi connectivity index (χ2n) is 4.99. The van der Waals surface area contributed by atoms with Crippen LogP contribution in [0.4, 0.5) is 0 Å². The molecule has 1 saturated heterocycles. The fourth-order valence-electron chi connectivity index (χ4n) is 2.59. The van der Waals surface area contributed by atoms with E-state index in [1.54, 1.807) is 4.31 Å². The number of nitrogens with zero attached hydrogens (tertiary/aromatic N) is 1. The Hall–Kier alpha value is 0.160. The minimum atomic E-state index is -3.31. The number of nitrogens with one attached hydrogen (secondary N) is 1. The Labute approximate surface area is 109 Å². The average molecular weight is 281 g/mol. The second-order valence-corrected chi connectivity index (χ2v) is 7.25. The van der Waals surface area contributed by atoms with Crippen LogP contribution < -0.4 is 4.72 Å². The molecule has 0 amide bonds. The molecular weight excluding hydrogens is 260 g/mol. The van der Waals surface area contributed by atoms with Gasteiger partial charge in [-0.3, -0.25) is 0 Å². The molecule has 1 aliphatic heterocycles. The summed E-state index contributed by atoms with van der Waals surface area (Å²) in [6, 6.07) is -0.0928. The van der Waals surface area contributed by atoms with Gasteiger partial charge in [-0.15, -0.1) is 11.6 Å². The number of rotatable bonds is 3. The first kappa shape index (κ1) is 13.6. The lowest BCUT2D eigenvalue weighted by atomic mass is 10.1. The quantitative estimate of drug-likeness (QED) is 0.634. The van der Waals surface area contributed by atoms with Gasteiger partial charge < -0.3 is 0 Å². The van der Waals surface area contributed by atoms with Crippen molar-refractivity contribution in [3.63, 3.8) is 0 Å². The third-order valence-corrected chi connectivity index (χ3v) is 5.80. The summed E-state index contributed by atoms with van der Waals surface area (Å²) in [5.41, 5.74) is 0. The Morgan fingerprint density at radius 1 is 1.00 bits per heavy atom. The van der Waals surface area contributed by atoms with E-state index >= 15 is 0 Å². The van der Waals surface area contributed by atoms with Gasteiger partial charge in [0.2, 0.25) is 0 Å². The minimum Gasteiger partial charge on any atom is -0.198 e. The molecule has 0 aromatic heterocycles. The Balaban J connectivity index is 1.98. The molecule has 1 saturated carbocycles. The molecule has 2 atom stereocenters. The van der Waals surface area contributed by atoms with E-state index in [1.807, 2.05) is 0 Å². The van der Waals surface area contributed by atoms with Crippen LogP contribution in [-0.2, 0) is 10.2 Å². The normalized spacial score (nSPS) is 32.5. The van der Waals surface area contributed by atoms with Gasteiger partial charge in [-0.2, -0.15) is 17.4 Å². The van der Waals surface area contributed by atoms with Gasteiger partial charge in [0.1, 0.15) is 0 Å². The van der Waals surface area contributed by atoms with Crippen molar-refractivity contribution >= 4 is 21.8 Å². The van der Waals surface area contributed by atoms with E-state index in [0.717, 1.165) is 44.9 Å². The van der Waals surface area contributed by atoms with Crippen LogP contribution in [0.3, 0.4) is 0 Å². The Kier molecular flexibility index (Phi) is 4.69. The van der Waals surface area contributed by atoms with Gasteiger partial charge in [-0.1, -0.05) is 19.3 Å². The molecule has 0 bridgehead atoms. The summed E-state index contributed by atoms with van der Waals surface area (Å²) in [5, 5.41) is -0.0603. The molecule has 0 spiro atoms. The molecule has 0 aromatic carbocycles. The Bertz CT molecular complexity index is 341. The zero-order valence-corrected chi connectivity index (χ0v) is 11.6. The van der Waals surface area contributed by atoms with E-state index in [1.165, 1.54) is 0 Å². The van der Waals surface area contributed by atoms with Crippen LogP contribution in [-0.4, -0.2) is 37.2 Å². The van der Waals surface area contributed by atoms with Crippen LogP contribution in [0.1, 0.15) is 44.9 Å². The fraction of sp³-hybridized carbons (Fsp3) is 1.00.